The van der Waals surface area contributed by atoms with Gasteiger partial charge in [0.15, 0.2) is 5.82 Å². The molecule has 3 heterocycles. The molecule has 122 valence electrons. The van der Waals surface area contributed by atoms with Gasteiger partial charge in [0.25, 0.3) is 0 Å². The first kappa shape index (κ1) is 14.6. The topological polar surface area (TPSA) is 79.4 Å². The highest BCUT2D eigenvalue weighted by atomic mass is 32.1. The number of rotatable bonds is 5. The Morgan fingerprint density at radius 1 is 1.08 bits per heavy atom. The average molecular weight is 342 g/mol. The third kappa shape index (κ3) is 2.58. The zero-order chi connectivity index (χ0) is 16.5. The number of aromatic nitrogens is 6. The highest BCUT2D eigenvalue weighted by molar-refractivity contribution is 7.16. The maximum Gasteiger partial charge on any atom is 0.235 e. The van der Waals surface area contributed by atoms with E-state index in [4.69, 9.17) is 9.47 Å². The first-order valence-electron chi connectivity index (χ1n) is 7.17. The van der Waals surface area contributed by atoms with Crippen LogP contribution in [0.2, 0.25) is 0 Å². The summed E-state index contributed by atoms with van der Waals surface area (Å²) in [4.78, 5) is 4.78. The fourth-order valence-electron chi connectivity index (χ4n) is 2.37. The Kier molecular flexibility index (Phi) is 3.62. The minimum Gasteiger partial charge on any atom is -0.497 e. The summed E-state index contributed by atoms with van der Waals surface area (Å²) in [5.41, 5.74) is 0.832. The van der Waals surface area contributed by atoms with Gasteiger partial charge in [-0.3, -0.25) is 0 Å². The van der Waals surface area contributed by atoms with Gasteiger partial charge in [0.1, 0.15) is 16.5 Å². The molecule has 0 unspecified atom stereocenters. The fraction of sp³-hybridized carbons (Fsp3) is 0.200. The molecule has 0 N–H and O–H groups in total. The molecule has 4 rings (SSSR count). The van der Waals surface area contributed by atoms with Crippen LogP contribution >= 0.6 is 11.3 Å². The highest BCUT2D eigenvalue weighted by Crippen LogP contribution is 2.29. The first-order chi connectivity index (χ1) is 11.8. The summed E-state index contributed by atoms with van der Waals surface area (Å²) < 4.78 is 14.3. The molecule has 3 aromatic heterocycles. The Morgan fingerprint density at radius 3 is 2.54 bits per heavy atom. The molecular formula is C15H14N6O2S. The van der Waals surface area contributed by atoms with Gasteiger partial charge in [-0.1, -0.05) is 11.3 Å². The van der Waals surface area contributed by atoms with Crippen molar-refractivity contribution in [2.24, 2.45) is 0 Å². The van der Waals surface area contributed by atoms with E-state index in [-0.39, 0.29) is 0 Å². The molecule has 0 atom stereocenters. The maximum atomic E-state index is 5.32. The SMILES string of the molecule is COc1cc(OC)cc(-c2nnc3sc(Cn4ccnc4)nn23)c1. The summed E-state index contributed by atoms with van der Waals surface area (Å²) in [5.74, 6) is 2.03. The molecule has 0 saturated heterocycles. The second-order valence-electron chi connectivity index (χ2n) is 5.05. The van der Waals surface area contributed by atoms with Gasteiger partial charge < -0.3 is 14.0 Å². The minimum atomic E-state index is 0.648. The predicted molar refractivity (Wildman–Crippen MR) is 88.5 cm³/mol. The van der Waals surface area contributed by atoms with Gasteiger partial charge in [-0.15, -0.1) is 10.2 Å². The predicted octanol–water partition coefficient (Wildman–Crippen LogP) is 2.11. The van der Waals surface area contributed by atoms with Crippen LogP contribution in [0.3, 0.4) is 0 Å². The molecule has 0 radical (unpaired) electrons. The van der Waals surface area contributed by atoms with E-state index in [9.17, 15) is 0 Å². The molecule has 0 aliphatic rings. The van der Waals surface area contributed by atoms with Crippen molar-refractivity contribution in [2.75, 3.05) is 14.2 Å². The molecule has 0 fully saturated rings. The van der Waals surface area contributed by atoms with Crippen LogP contribution in [-0.2, 0) is 6.54 Å². The lowest BCUT2D eigenvalue weighted by Gasteiger charge is -2.06. The van der Waals surface area contributed by atoms with Crippen molar-refractivity contribution in [1.82, 2.24) is 29.4 Å². The van der Waals surface area contributed by atoms with Crippen LogP contribution in [0.1, 0.15) is 5.01 Å². The summed E-state index contributed by atoms with van der Waals surface area (Å²) in [5, 5.41) is 14.0. The maximum absolute atomic E-state index is 5.32. The molecule has 0 aliphatic carbocycles. The van der Waals surface area contributed by atoms with E-state index in [0.29, 0.717) is 23.9 Å². The van der Waals surface area contributed by atoms with Crippen molar-refractivity contribution in [1.29, 1.82) is 0 Å². The first-order valence-corrected chi connectivity index (χ1v) is 7.99. The summed E-state index contributed by atoms with van der Waals surface area (Å²) >= 11 is 1.50. The zero-order valence-electron chi connectivity index (χ0n) is 13.1. The number of benzene rings is 1. The number of ether oxygens (including phenoxy) is 2. The van der Waals surface area contributed by atoms with Gasteiger partial charge in [0.2, 0.25) is 4.96 Å². The number of hydrogen-bond acceptors (Lipinski definition) is 7. The largest absolute Gasteiger partial charge is 0.497 e. The molecule has 0 spiro atoms. The monoisotopic (exact) mass is 342 g/mol. The Balaban J connectivity index is 1.75. The molecular weight excluding hydrogens is 328 g/mol. The molecule has 0 amide bonds. The van der Waals surface area contributed by atoms with Gasteiger partial charge in [0, 0.05) is 24.0 Å². The van der Waals surface area contributed by atoms with Gasteiger partial charge >= 0.3 is 0 Å². The van der Waals surface area contributed by atoms with Crippen LogP contribution in [0.25, 0.3) is 16.3 Å². The van der Waals surface area contributed by atoms with Gasteiger partial charge in [-0.2, -0.15) is 9.61 Å². The van der Waals surface area contributed by atoms with Crippen molar-refractivity contribution in [3.63, 3.8) is 0 Å². The van der Waals surface area contributed by atoms with E-state index >= 15 is 0 Å². The lowest BCUT2D eigenvalue weighted by Crippen LogP contribution is -1.98. The number of fused-ring (bicyclic) bond motifs is 1. The smallest absolute Gasteiger partial charge is 0.235 e. The number of imidazole rings is 1. The second-order valence-corrected chi connectivity index (χ2v) is 6.09. The van der Waals surface area contributed by atoms with E-state index in [1.165, 1.54) is 11.3 Å². The number of hydrogen-bond donors (Lipinski definition) is 0. The molecule has 0 saturated carbocycles. The van der Waals surface area contributed by atoms with Crippen molar-refractivity contribution >= 4 is 16.3 Å². The Labute approximate surface area is 141 Å². The zero-order valence-corrected chi connectivity index (χ0v) is 13.9. The van der Waals surface area contributed by atoms with E-state index in [2.05, 4.69) is 20.3 Å². The number of methoxy groups -OCH3 is 2. The van der Waals surface area contributed by atoms with Crippen molar-refractivity contribution in [2.45, 2.75) is 6.54 Å². The number of nitrogens with zero attached hydrogens (tertiary/aromatic N) is 6. The highest BCUT2D eigenvalue weighted by Gasteiger charge is 2.15. The quantitative estimate of drug-likeness (QED) is 0.553. The van der Waals surface area contributed by atoms with Crippen molar-refractivity contribution in [3.05, 3.63) is 41.9 Å². The lowest BCUT2D eigenvalue weighted by atomic mass is 10.2. The Morgan fingerprint density at radius 2 is 1.88 bits per heavy atom. The van der Waals surface area contributed by atoms with Gasteiger partial charge in [0.05, 0.1) is 27.1 Å². The summed E-state index contributed by atoms with van der Waals surface area (Å²) in [6.45, 7) is 0.648. The van der Waals surface area contributed by atoms with Crippen LogP contribution in [0.5, 0.6) is 11.5 Å². The second kappa shape index (κ2) is 5.93. The standard InChI is InChI=1S/C15H14N6O2S/c1-22-11-5-10(6-12(7-11)23-2)14-17-18-15-21(14)19-13(24-15)8-20-4-3-16-9-20/h3-7,9H,8H2,1-2H3. The van der Waals surface area contributed by atoms with Crippen LogP contribution in [0.15, 0.2) is 36.9 Å². The third-order valence-corrected chi connectivity index (χ3v) is 4.40. The molecule has 9 heteroatoms. The van der Waals surface area contributed by atoms with E-state index in [1.54, 1.807) is 31.3 Å². The molecule has 0 aliphatic heterocycles. The van der Waals surface area contributed by atoms with E-state index in [0.717, 1.165) is 15.5 Å². The van der Waals surface area contributed by atoms with E-state index in [1.807, 2.05) is 29.0 Å². The normalized spacial score (nSPS) is 11.1. The minimum absolute atomic E-state index is 0.648. The van der Waals surface area contributed by atoms with Gasteiger partial charge in [-0.25, -0.2) is 4.98 Å². The molecule has 0 bridgehead atoms. The Hall–Kier alpha value is -2.94. The third-order valence-electron chi connectivity index (χ3n) is 3.52. The molecule has 1 aromatic carbocycles. The van der Waals surface area contributed by atoms with Gasteiger partial charge in [-0.05, 0) is 12.1 Å². The van der Waals surface area contributed by atoms with Crippen LogP contribution < -0.4 is 9.47 Å². The van der Waals surface area contributed by atoms with Crippen LogP contribution in [0, 0.1) is 0 Å². The summed E-state index contributed by atoms with van der Waals surface area (Å²) in [7, 11) is 3.23. The summed E-state index contributed by atoms with van der Waals surface area (Å²) in [6.07, 6.45) is 5.40. The Bertz CT molecular complexity index is 953. The van der Waals surface area contributed by atoms with Crippen molar-refractivity contribution < 1.29 is 9.47 Å². The van der Waals surface area contributed by atoms with Crippen LogP contribution in [0.4, 0.5) is 0 Å². The molecule has 24 heavy (non-hydrogen) atoms. The lowest BCUT2D eigenvalue weighted by molar-refractivity contribution is 0.394. The average Bonchev–Trinajstić information content (AvgIpc) is 3.32. The molecule has 4 aromatic rings. The fourth-order valence-corrected chi connectivity index (χ4v) is 3.22. The van der Waals surface area contributed by atoms with Crippen LogP contribution in [-0.4, -0.2) is 43.6 Å². The van der Waals surface area contributed by atoms with Crippen molar-refractivity contribution in [3.8, 4) is 22.9 Å². The van der Waals surface area contributed by atoms with E-state index < -0.39 is 0 Å². The summed E-state index contributed by atoms with van der Waals surface area (Å²) in [6, 6.07) is 5.58. The molecule has 8 nitrogen and oxygen atoms in total.